The van der Waals surface area contributed by atoms with Crippen LogP contribution in [0.3, 0.4) is 0 Å². The number of nitrogens with one attached hydrogen (secondary N) is 1. The SMILES string of the molecule is CCNC(=O)[C@H](C)Oc1ccc2c(c1)CCCC2. The molecule has 0 radical (unpaired) electrons. The quantitative estimate of drug-likeness (QED) is 0.887. The van der Waals surface area contributed by atoms with Crippen molar-refractivity contribution in [3.63, 3.8) is 0 Å². The summed E-state index contributed by atoms with van der Waals surface area (Å²) >= 11 is 0. The van der Waals surface area contributed by atoms with Crippen LogP contribution in [0, 0.1) is 0 Å². The molecule has 98 valence electrons. The van der Waals surface area contributed by atoms with E-state index in [1.807, 2.05) is 13.0 Å². The molecule has 1 aliphatic carbocycles. The van der Waals surface area contributed by atoms with Crippen LogP contribution in [0.1, 0.15) is 37.8 Å². The Hall–Kier alpha value is -1.51. The van der Waals surface area contributed by atoms with Crippen molar-refractivity contribution in [3.8, 4) is 5.75 Å². The Morgan fingerprint density at radius 1 is 1.33 bits per heavy atom. The molecular formula is C15H21NO2. The maximum Gasteiger partial charge on any atom is 0.260 e. The van der Waals surface area contributed by atoms with Gasteiger partial charge < -0.3 is 10.1 Å². The van der Waals surface area contributed by atoms with E-state index in [0.29, 0.717) is 6.54 Å². The normalized spacial score (nSPS) is 15.7. The third-order valence-corrected chi connectivity index (χ3v) is 3.35. The van der Waals surface area contributed by atoms with Gasteiger partial charge in [-0.15, -0.1) is 0 Å². The number of carbonyl (C=O) groups excluding carboxylic acids is 1. The van der Waals surface area contributed by atoms with Crippen LogP contribution in [0.25, 0.3) is 0 Å². The van der Waals surface area contributed by atoms with E-state index in [2.05, 4.69) is 17.4 Å². The summed E-state index contributed by atoms with van der Waals surface area (Å²) in [5, 5.41) is 2.76. The van der Waals surface area contributed by atoms with Gasteiger partial charge in [-0.3, -0.25) is 4.79 Å². The van der Waals surface area contributed by atoms with Gasteiger partial charge in [-0.1, -0.05) is 6.07 Å². The third kappa shape index (κ3) is 3.03. The van der Waals surface area contributed by atoms with E-state index in [4.69, 9.17) is 4.74 Å². The van der Waals surface area contributed by atoms with Crippen molar-refractivity contribution in [1.29, 1.82) is 0 Å². The fourth-order valence-electron chi connectivity index (χ4n) is 2.36. The average molecular weight is 247 g/mol. The Kier molecular flexibility index (Phi) is 4.24. The molecule has 1 aromatic rings. The zero-order valence-corrected chi connectivity index (χ0v) is 11.2. The standard InChI is InChI=1S/C15H21NO2/c1-3-16-15(17)11(2)18-14-9-8-12-6-4-5-7-13(12)10-14/h8-11H,3-7H2,1-2H3,(H,16,17)/t11-/m0/s1. The molecule has 1 aromatic carbocycles. The first-order chi connectivity index (χ1) is 8.70. The Balaban J connectivity index is 2.03. The Bertz CT molecular complexity index is 429. The number of carbonyl (C=O) groups is 1. The molecule has 1 N–H and O–H groups in total. The van der Waals surface area contributed by atoms with Gasteiger partial charge in [0.15, 0.2) is 6.10 Å². The van der Waals surface area contributed by atoms with E-state index in [-0.39, 0.29) is 5.91 Å². The summed E-state index contributed by atoms with van der Waals surface area (Å²) in [6.45, 7) is 4.32. The molecule has 0 bridgehead atoms. The molecule has 1 amide bonds. The van der Waals surface area contributed by atoms with Crippen LogP contribution < -0.4 is 10.1 Å². The van der Waals surface area contributed by atoms with Crippen LogP contribution in [-0.2, 0) is 17.6 Å². The minimum Gasteiger partial charge on any atom is -0.481 e. The largest absolute Gasteiger partial charge is 0.481 e. The van der Waals surface area contributed by atoms with Gasteiger partial charge in [0, 0.05) is 6.54 Å². The summed E-state index contributed by atoms with van der Waals surface area (Å²) in [4.78, 5) is 11.6. The fraction of sp³-hybridized carbons (Fsp3) is 0.533. The molecule has 0 unspecified atom stereocenters. The van der Waals surface area contributed by atoms with Gasteiger partial charge in [0.1, 0.15) is 5.75 Å². The highest BCUT2D eigenvalue weighted by atomic mass is 16.5. The number of aryl methyl sites for hydroxylation is 2. The van der Waals surface area contributed by atoms with Crippen LogP contribution in [0.2, 0.25) is 0 Å². The Morgan fingerprint density at radius 3 is 2.78 bits per heavy atom. The number of benzene rings is 1. The Labute approximate surface area is 109 Å². The number of amides is 1. The van der Waals surface area contributed by atoms with E-state index >= 15 is 0 Å². The number of fused-ring (bicyclic) bond motifs is 1. The second-order valence-corrected chi connectivity index (χ2v) is 4.79. The van der Waals surface area contributed by atoms with Crippen LogP contribution in [0.15, 0.2) is 18.2 Å². The summed E-state index contributed by atoms with van der Waals surface area (Å²) in [6.07, 6.45) is 4.39. The van der Waals surface area contributed by atoms with Crippen molar-refractivity contribution in [2.75, 3.05) is 6.54 Å². The van der Waals surface area contributed by atoms with Gasteiger partial charge in [0.25, 0.3) is 5.91 Å². The van der Waals surface area contributed by atoms with Gasteiger partial charge in [0.05, 0.1) is 0 Å². The molecule has 0 saturated heterocycles. The lowest BCUT2D eigenvalue weighted by molar-refractivity contribution is -0.127. The first-order valence-corrected chi connectivity index (χ1v) is 6.77. The highest BCUT2D eigenvalue weighted by Crippen LogP contribution is 2.25. The third-order valence-electron chi connectivity index (χ3n) is 3.35. The Morgan fingerprint density at radius 2 is 2.06 bits per heavy atom. The van der Waals surface area contributed by atoms with Gasteiger partial charge >= 0.3 is 0 Å². The van der Waals surface area contributed by atoms with Gasteiger partial charge in [-0.25, -0.2) is 0 Å². The summed E-state index contributed by atoms with van der Waals surface area (Å²) in [5.41, 5.74) is 2.81. The summed E-state index contributed by atoms with van der Waals surface area (Å²) in [6, 6.07) is 6.19. The molecule has 3 heteroatoms. The number of hydrogen-bond donors (Lipinski definition) is 1. The number of hydrogen-bond acceptors (Lipinski definition) is 2. The van der Waals surface area contributed by atoms with Crippen molar-refractivity contribution in [2.24, 2.45) is 0 Å². The molecule has 0 saturated carbocycles. The number of rotatable bonds is 4. The van der Waals surface area contributed by atoms with Crippen LogP contribution in [-0.4, -0.2) is 18.6 Å². The summed E-state index contributed by atoms with van der Waals surface area (Å²) in [5.74, 6) is 0.740. The fourth-order valence-corrected chi connectivity index (χ4v) is 2.36. The molecule has 0 fully saturated rings. The van der Waals surface area contributed by atoms with Gasteiger partial charge in [0.2, 0.25) is 0 Å². The highest BCUT2D eigenvalue weighted by molar-refractivity contribution is 5.80. The van der Waals surface area contributed by atoms with Crippen molar-refractivity contribution in [3.05, 3.63) is 29.3 Å². The molecule has 0 heterocycles. The second-order valence-electron chi connectivity index (χ2n) is 4.79. The minimum atomic E-state index is -0.438. The lowest BCUT2D eigenvalue weighted by Gasteiger charge is -2.19. The van der Waals surface area contributed by atoms with Crippen LogP contribution >= 0.6 is 0 Å². The molecule has 0 aliphatic heterocycles. The summed E-state index contributed by atoms with van der Waals surface area (Å²) < 4.78 is 5.68. The molecule has 3 nitrogen and oxygen atoms in total. The number of likely N-dealkylation sites (N-methyl/N-ethyl adjacent to an activating group) is 1. The van der Waals surface area contributed by atoms with E-state index in [1.54, 1.807) is 6.92 Å². The first kappa shape index (κ1) is 12.9. The van der Waals surface area contributed by atoms with Gasteiger partial charge in [-0.05, 0) is 62.8 Å². The smallest absolute Gasteiger partial charge is 0.260 e. The van der Waals surface area contributed by atoms with E-state index in [1.165, 1.54) is 30.4 Å². The molecule has 18 heavy (non-hydrogen) atoms. The van der Waals surface area contributed by atoms with Crippen LogP contribution in [0.5, 0.6) is 5.75 Å². The zero-order valence-electron chi connectivity index (χ0n) is 11.2. The summed E-state index contributed by atoms with van der Waals surface area (Å²) in [7, 11) is 0. The van der Waals surface area contributed by atoms with Crippen molar-refractivity contribution in [2.45, 2.75) is 45.6 Å². The lowest BCUT2D eigenvalue weighted by Crippen LogP contribution is -2.36. The maximum atomic E-state index is 11.6. The predicted octanol–water partition coefficient (Wildman–Crippen LogP) is 2.47. The molecule has 1 aliphatic rings. The van der Waals surface area contributed by atoms with E-state index in [9.17, 15) is 4.79 Å². The van der Waals surface area contributed by atoms with Crippen molar-refractivity contribution >= 4 is 5.91 Å². The second kappa shape index (κ2) is 5.89. The van der Waals surface area contributed by atoms with Crippen molar-refractivity contribution < 1.29 is 9.53 Å². The molecule has 0 aromatic heterocycles. The van der Waals surface area contributed by atoms with Gasteiger partial charge in [-0.2, -0.15) is 0 Å². The monoisotopic (exact) mass is 247 g/mol. The highest BCUT2D eigenvalue weighted by Gasteiger charge is 2.15. The average Bonchev–Trinajstić information content (AvgIpc) is 2.39. The zero-order chi connectivity index (χ0) is 13.0. The predicted molar refractivity (Wildman–Crippen MR) is 71.9 cm³/mol. The molecular weight excluding hydrogens is 226 g/mol. The molecule has 2 rings (SSSR count). The van der Waals surface area contributed by atoms with Crippen LogP contribution in [0.4, 0.5) is 0 Å². The molecule has 1 atom stereocenters. The van der Waals surface area contributed by atoms with E-state index < -0.39 is 6.10 Å². The minimum absolute atomic E-state index is 0.0600. The lowest BCUT2D eigenvalue weighted by atomic mass is 9.92. The topological polar surface area (TPSA) is 38.3 Å². The van der Waals surface area contributed by atoms with Crippen molar-refractivity contribution in [1.82, 2.24) is 5.32 Å². The first-order valence-electron chi connectivity index (χ1n) is 6.77. The van der Waals surface area contributed by atoms with E-state index in [0.717, 1.165) is 12.2 Å². The molecule has 0 spiro atoms. The number of ether oxygens (including phenoxy) is 1. The maximum absolute atomic E-state index is 11.6.